The molecule has 0 unspecified atom stereocenters. The predicted molar refractivity (Wildman–Crippen MR) is 77.4 cm³/mol. The van der Waals surface area contributed by atoms with E-state index in [-0.39, 0.29) is 0 Å². The molecule has 4 nitrogen and oxygen atoms in total. The van der Waals surface area contributed by atoms with Gasteiger partial charge in [-0.3, -0.25) is 4.79 Å². The number of rotatable bonds is 4. The monoisotopic (exact) mass is 296 g/mol. The number of nitrogens with one attached hydrogen (secondary N) is 1. The molecule has 1 amide bonds. The lowest BCUT2D eigenvalue weighted by Crippen LogP contribution is -2.50. The molecule has 1 N–H and O–H groups in total. The van der Waals surface area contributed by atoms with Crippen LogP contribution < -0.4 is 5.32 Å². The molecule has 0 radical (unpaired) electrons. The first kappa shape index (κ1) is 14.0. The number of hydrogen-bond acceptors (Lipinski definition) is 3. The van der Waals surface area contributed by atoms with Crippen molar-refractivity contribution in [3.8, 4) is 0 Å². The van der Waals surface area contributed by atoms with Crippen LogP contribution in [0.4, 0.5) is 0 Å². The Balaban J connectivity index is 1.48. The largest absolute Gasteiger partial charge is 0.448 e. The fourth-order valence-corrected chi connectivity index (χ4v) is 3.08. The van der Waals surface area contributed by atoms with Crippen molar-refractivity contribution in [2.24, 2.45) is 11.8 Å². The van der Waals surface area contributed by atoms with Gasteiger partial charge >= 0.3 is 0 Å². The van der Waals surface area contributed by atoms with Crippen LogP contribution in [-0.2, 0) is 11.3 Å². The van der Waals surface area contributed by atoms with Crippen molar-refractivity contribution in [3.63, 3.8) is 0 Å². The third kappa shape index (κ3) is 3.18. The Morgan fingerprint density at radius 3 is 2.85 bits per heavy atom. The maximum atomic E-state index is 12.1. The van der Waals surface area contributed by atoms with Gasteiger partial charge in [-0.15, -0.1) is 0 Å². The predicted octanol–water partition coefficient (Wildman–Crippen LogP) is 2.67. The molecule has 3 rings (SSSR count). The van der Waals surface area contributed by atoms with Gasteiger partial charge in [-0.25, -0.2) is 0 Å². The first-order valence-electron chi connectivity index (χ1n) is 7.40. The van der Waals surface area contributed by atoms with E-state index in [9.17, 15) is 4.79 Å². The van der Waals surface area contributed by atoms with Crippen LogP contribution in [-0.4, -0.2) is 29.9 Å². The Kier molecular flexibility index (Phi) is 4.03. The van der Waals surface area contributed by atoms with Gasteiger partial charge in [-0.1, -0.05) is 6.92 Å². The summed E-state index contributed by atoms with van der Waals surface area (Å²) < 4.78 is 5.35. The van der Waals surface area contributed by atoms with E-state index in [0.717, 1.165) is 38.1 Å². The van der Waals surface area contributed by atoms with Gasteiger partial charge in [0.1, 0.15) is 5.76 Å². The van der Waals surface area contributed by atoms with E-state index in [1.807, 2.05) is 11.0 Å². The Morgan fingerprint density at radius 1 is 1.45 bits per heavy atom. The molecule has 5 heteroatoms. The summed E-state index contributed by atoms with van der Waals surface area (Å²) in [7, 11) is 0. The molecule has 1 saturated heterocycles. The SMILES string of the molecule is C[C@@H]1CN(C(=O)C2CC2)CC[C@@H]1NCc1ccc(Cl)o1. The van der Waals surface area contributed by atoms with Gasteiger partial charge < -0.3 is 14.6 Å². The van der Waals surface area contributed by atoms with E-state index >= 15 is 0 Å². The fraction of sp³-hybridized carbons (Fsp3) is 0.667. The molecule has 2 aliphatic rings. The average Bonchev–Trinajstić information content (AvgIpc) is 3.20. The highest BCUT2D eigenvalue weighted by Gasteiger charge is 2.36. The number of halogens is 1. The second-order valence-corrected chi connectivity index (χ2v) is 6.39. The number of amides is 1. The Labute approximate surface area is 124 Å². The second kappa shape index (κ2) is 5.78. The van der Waals surface area contributed by atoms with Crippen LogP contribution in [0, 0.1) is 11.8 Å². The summed E-state index contributed by atoms with van der Waals surface area (Å²) in [6.45, 7) is 4.64. The normalized spacial score (nSPS) is 26.8. The number of likely N-dealkylation sites (tertiary alicyclic amines) is 1. The molecule has 1 aliphatic heterocycles. The van der Waals surface area contributed by atoms with Gasteiger partial charge in [0.15, 0.2) is 5.22 Å². The smallest absolute Gasteiger partial charge is 0.225 e. The van der Waals surface area contributed by atoms with Crippen molar-refractivity contribution < 1.29 is 9.21 Å². The highest BCUT2D eigenvalue weighted by Crippen LogP contribution is 2.32. The van der Waals surface area contributed by atoms with Crippen molar-refractivity contribution in [2.45, 2.75) is 38.8 Å². The summed E-state index contributed by atoms with van der Waals surface area (Å²) >= 11 is 5.76. The van der Waals surface area contributed by atoms with E-state index in [2.05, 4.69) is 12.2 Å². The molecule has 2 heterocycles. The summed E-state index contributed by atoms with van der Waals surface area (Å²) in [5.74, 6) is 2.03. The number of hydrogen-bond donors (Lipinski definition) is 1. The standard InChI is InChI=1S/C15H21ClN2O2/c1-10-9-18(15(19)11-2-3-11)7-6-13(10)17-8-12-4-5-14(16)20-12/h4-5,10-11,13,17H,2-3,6-9H2,1H3/t10-,13+/m1/s1. The minimum Gasteiger partial charge on any atom is -0.448 e. The van der Waals surface area contributed by atoms with Crippen molar-refractivity contribution >= 4 is 17.5 Å². The van der Waals surface area contributed by atoms with Gasteiger partial charge in [0.2, 0.25) is 5.91 Å². The molecule has 1 aromatic heterocycles. The topological polar surface area (TPSA) is 45.5 Å². The molecule has 110 valence electrons. The van der Waals surface area contributed by atoms with Gasteiger partial charge in [0.05, 0.1) is 6.54 Å². The Bertz CT molecular complexity index is 484. The van der Waals surface area contributed by atoms with Crippen LogP contribution in [0.3, 0.4) is 0 Å². The van der Waals surface area contributed by atoms with E-state index < -0.39 is 0 Å². The molecular formula is C15H21ClN2O2. The molecule has 1 aliphatic carbocycles. The zero-order valence-corrected chi connectivity index (χ0v) is 12.5. The summed E-state index contributed by atoms with van der Waals surface area (Å²) in [5, 5.41) is 3.95. The first-order valence-corrected chi connectivity index (χ1v) is 7.77. The molecule has 2 fully saturated rings. The fourth-order valence-electron chi connectivity index (χ4n) is 2.92. The molecule has 0 aromatic carbocycles. The minimum absolute atomic E-state index is 0.331. The maximum Gasteiger partial charge on any atom is 0.225 e. The number of furan rings is 1. The third-order valence-corrected chi connectivity index (χ3v) is 4.51. The van der Waals surface area contributed by atoms with Crippen LogP contribution in [0.5, 0.6) is 0 Å². The lowest BCUT2D eigenvalue weighted by molar-refractivity contribution is -0.134. The van der Waals surface area contributed by atoms with Crippen LogP contribution >= 0.6 is 11.6 Å². The van der Waals surface area contributed by atoms with E-state index in [4.69, 9.17) is 16.0 Å². The zero-order chi connectivity index (χ0) is 14.1. The number of carbonyl (C=O) groups excluding carboxylic acids is 1. The van der Waals surface area contributed by atoms with Crippen LogP contribution in [0.25, 0.3) is 0 Å². The number of carbonyl (C=O) groups is 1. The van der Waals surface area contributed by atoms with Crippen molar-refractivity contribution in [1.29, 1.82) is 0 Å². The van der Waals surface area contributed by atoms with Crippen molar-refractivity contribution in [3.05, 3.63) is 23.1 Å². The molecule has 0 bridgehead atoms. The second-order valence-electron chi connectivity index (χ2n) is 6.02. The summed E-state index contributed by atoms with van der Waals surface area (Å²) in [5.41, 5.74) is 0. The maximum absolute atomic E-state index is 12.1. The number of piperidine rings is 1. The van der Waals surface area contributed by atoms with Gasteiger partial charge in [0, 0.05) is 25.0 Å². The Morgan fingerprint density at radius 2 is 2.25 bits per heavy atom. The molecule has 1 saturated carbocycles. The van der Waals surface area contributed by atoms with Crippen molar-refractivity contribution in [2.75, 3.05) is 13.1 Å². The van der Waals surface area contributed by atoms with E-state index in [1.165, 1.54) is 0 Å². The lowest BCUT2D eigenvalue weighted by atomic mass is 9.93. The van der Waals surface area contributed by atoms with Crippen molar-refractivity contribution in [1.82, 2.24) is 10.2 Å². The van der Waals surface area contributed by atoms with E-state index in [0.29, 0.717) is 35.5 Å². The summed E-state index contributed by atoms with van der Waals surface area (Å²) in [6.07, 6.45) is 3.18. The van der Waals surface area contributed by atoms with Gasteiger partial charge in [-0.05, 0) is 48.9 Å². The molecule has 2 atom stereocenters. The molecule has 1 aromatic rings. The highest BCUT2D eigenvalue weighted by molar-refractivity contribution is 6.28. The van der Waals surface area contributed by atoms with Gasteiger partial charge in [-0.2, -0.15) is 0 Å². The number of nitrogens with zero attached hydrogens (tertiary/aromatic N) is 1. The van der Waals surface area contributed by atoms with Crippen LogP contribution in [0.1, 0.15) is 31.9 Å². The average molecular weight is 297 g/mol. The molecular weight excluding hydrogens is 276 g/mol. The van der Waals surface area contributed by atoms with Crippen LogP contribution in [0.15, 0.2) is 16.5 Å². The third-order valence-electron chi connectivity index (χ3n) is 4.31. The molecule has 0 spiro atoms. The van der Waals surface area contributed by atoms with E-state index in [1.54, 1.807) is 6.07 Å². The first-order chi connectivity index (χ1) is 9.63. The quantitative estimate of drug-likeness (QED) is 0.929. The molecule has 20 heavy (non-hydrogen) atoms. The Hall–Kier alpha value is -1.00. The van der Waals surface area contributed by atoms with Gasteiger partial charge in [0.25, 0.3) is 0 Å². The summed E-state index contributed by atoms with van der Waals surface area (Å²) in [4.78, 5) is 14.1. The summed E-state index contributed by atoms with van der Waals surface area (Å²) in [6, 6.07) is 4.09. The minimum atomic E-state index is 0.331. The van der Waals surface area contributed by atoms with Crippen LogP contribution in [0.2, 0.25) is 5.22 Å². The highest BCUT2D eigenvalue weighted by atomic mass is 35.5. The lowest BCUT2D eigenvalue weighted by Gasteiger charge is -2.37. The zero-order valence-electron chi connectivity index (χ0n) is 11.8.